The minimum absolute atomic E-state index is 0.115. The second kappa shape index (κ2) is 7.36. The van der Waals surface area contributed by atoms with Gasteiger partial charge in [0.1, 0.15) is 0 Å². The van der Waals surface area contributed by atoms with Gasteiger partial charge in [-0.2, -0.15) is 5.10 Å². The lowest BCUT2D eigenvalue weighted by Crippen LogP contribution is -2.25. The number of nitrogens with one attached hydrogen (secondary N) is 1. The molecule has 100 valence electrons. The van der Waals surface area contributed by atoms with E-state index in [1.807, 2.05) is 47.3 Å². The van der Waals surface area contributed by atoms with Crippen molar-refractivity contribution in [1.82, 2.24) is 15.1 Å². The van der Waals surface area contributed by atoms with Crippen molar-refractivity contribution >= 4 is 5.91 Å². The standard InChI is InChI=1S/C15H19N3O/c19-15(9-8-14-6-2-1-3-7-14)16-10-4-12-18-13-5-11-17-18/h1-3,5-7,11,13H,4,8-10,12H2,(H,16,19). The van der Waals surface area contributed by atoms with E-state index in [4.69, 9.17) is 0 Å². The first-order valence-corrected chi connectivity index (χ1v) is 6.62. The second-order valence-corrected chi connectivity index (χ2v) is 4.46. The van der Waals surface area contributed by atoms with Gasteiger partial charge in [-0.05, 0) is 24.5 Å². The van der Waals surface area contributed by atoms with Gasteiger partial charge in [-0.25, -0.2) is 0 Å². The zero-order chi connectivity index (χ0) is 13.3. The molecule has 2 rings (SSSR count). The molecule has 0 radical (unpaired) electrons. The van der Waals surface area contributed by atoms with Crippen LogP contribution in [0.2, 0.25) is 0 Å². The molecule has 1 aromatic carbocycles. The normalized spacial score (nSPS) is 10.3. The number of carbonyl (C=O) groups excluding carboxylic acids is 1. The lowest BCUT2D eigenvalue weighted by Gasteiger charge is -2.05. The van der Waals surface area contributed by atoms with E-state index in [1.54, 1.807) is 6.20 Å². The zero-order valence-electron chi connectivity index (χ0n) is 11.0. The Bertz CT molecular complexity index is 479. The average Bonchev–Trinajstić information content (AvgIpc) is 2.96. The SMILES string of the molecule is O=C(CCc1ccccc1)NCCCn1cccn1. The maximum absolute atomic E-state index is 11.6. The average molecular weight is 257 g/mol. The quantitative estimate of drug-likeness (QED) is 0.771. The largest absolute Gasteiger partial charge is 0.356 e. The van der Waals surface area contributed by atoms with Gasteiger partial charge in [0.05, 0.1) is 0 Å². The van der Waals surface area contributed by atoms with Gasteiger partial charge < -0.3 is 5.32 Å². The molecule has 0 saturated heterocycles. The molecule has 0 unspecified atom stereocenters. The van der Waals surface area contributed by atoms with E-state index in [0.29, 0.717) is 13.0 Å². The Morgan fingerprint density at radius 2 is 2.05 bits per heavy atom. The van der Waals surface area contributed by atoms with Crippen molar-refractivity contribution < 1.29 is 4.79 Å². The molecule has 1 amide bonds. The topological polar surface area (TPSA) is 46.9 Å². The summed E-state index contributed by atoms with van der Waals surface area (Å²) >= 11 is 0. The third-order valence-corrected chi connectivity index (χ3v) is 2.93. The number of hydrogen-bond donors (Lipinski definition) is 1. The summed E-state index contributed by atoms with van der Waals surface area (Å²) in [6.07, 6.45) is 5.94. The summed E-state index contributed by atoms with van der Waals surface area (Å²) in [5.74, 6) is 0.115. The van der Waals surface area contributed by atoms with Crippen molar-refractivity contribution in [2.24, 2.45) is 0 Å². The summed E-state index contributed by atoms with van der Waals surface area (Å²) < 4.78 is 1.87. The van der Waals surface area contributed by atoms with Crippen LogP contribution < -0.4 is 5.32 Å². The Labute approximate surface area is 113 Å². The van der Waals surface area contributed by atoms with Crippen LogP contribution in [0, 0.1) is 0 Å². The van der Waals surface area contributed by atoms with Gasteiger partial charge in [0, 0.05) is 31.9 Å². The number of amides is 1. The van der Waals surface area contributed by atoms with Crippen LogP contribution in [0.25, 0.3) is 0 Å². The van der Waals surface area contributed by atoms with Gasteiger partial charge >= 0.3 is 0 Å². The molecule has 4 heteroatoms. The molecule has 0 atom stereocenters. The van der Waals surface area contributed by atoms with E-state index in [2.05, 4.69) is 10.4 Å². The third kappa shape index (κ3) is 4.95. The first-order valence-electron chi connectivity index (χ1n) is 6.62. The molecule has 0 aliphatic heterocycles. The molecule has 0 bridgehead atoms. The molecule has 0 spiro atoms. The lowest BCUT2D eigenvalue weighted by atomic mass is 10.1. The van der Waals surface area contributed by atoms with E-state index in [9.17, 15) is 4.79 Å². The molecule has 4 nitrogen and oxygen atoms in total. The number of hydrogen-bond acceptors (Lipinski definition) is 2. The Hall–Kier alpha value is -2.10. The molecule has 0 aliphatic rings. The molecule has 0 fully saturated rings. The van der Waals surface area contributed by atoms with Gasteiger partial charge in [0.15, 0.2) is 0 Å². The molecule has 1 N–H and O–H groups in total. The maximum Gasteiger partial charge on any atom is 0.220 e. The molecule has 1 heterocycles. The molecule has 2 aromatic rings. The highest BCUT2D eigenvalue weighted by Crippen LogP contribution is 2.02. The molecule has 1 aromatic heterocycles. The van der Waals surface area contributed by atoms with Crippen LogP contribution in [0.3, 0.4) is 0 Å². The van der Waals surface area contributed by atoms with E-state index in [1.165, 1.54) is 5.56 Å². The van der Waals surface area contributed by atoms with E-state index in [-0.39, 0.29) is 5.91 Å². The maximum atomic E-state index is 11.6. The highest BCUT2D eigenvalue weighted by atomic mass is 16.1. The zero-order valence-corrected chi connectivity index (χ0v) is 11.0. The summed E-state index contributed by atoms with van der Waals surface area (Å²) in [5.41, 5.74) is 1.20. The Morgan fingerprint density at radius 3 is 2.79 bits per heavy atom. The minimum Gasteiger partial charge on any atom is -0.356 e. The summed E-state index contributed by atoms with van der Waals surface area (Å²) in [5, 5.41) is 7.05. The van der Waals surface area contributed by atoms with Crippen molar-refractivity contribution in [3.8, 4) is 0 Å². The number of aryl methyl sites for hydroxylation is 2. The van der Waals surface area contributed by atoms with Gasteiger partial charge in [-0.15, -0.1) is 0 Å². The predicted molar refractivity (Wildman–Crippen MR) is 74.6 cm³/mol. The van der Waals surface area contributed by atoms with Crippen LogP contribution >= 0.6 is 0 Å². The number of carbonyl (C=O) groups is 1. The van der Waals surface area contributed by atoms with Crippen molar-refractivity contribution in [3.63, 3.8) is 0 Å². The van der Waals surface area contributed by atoms with E-state index in [0.717, 1.165) is 19.4 Å². The van der Waals surface area contributed by atoms with Crippen LogP contribution in [0.15, 0.2) is 48.8 Å². The fourth-order valence-electron chi connectivity index (χ4n) is 1.89. The predicted octanol–water partition coefficient (Wildman–Crippen LogP) is 2.02. The molecular formula is C15H19N3O. The van der Waals surface area contributed by atoms with Crippen LogP contribution in [0.5, 0.6) is 0 Å². The monoisotopic (exact) mass is 257 g/mol. The van der Waals surface area contributed by atoms with Crippen LogP contribution in [-0.4, -0.2) is 22.2 Å². The first kappa shape index (κ1) is 13.3. The number of rotatable bonds is 7. The smallest absolute Gasteiger partial charge is 0.220 e. The summed E-state index contributed by atoms with van der Waals surface area (Å²) in [6.45, 7) is 1.54. The fraction of sp³-hybridized carbons (Fsp3) is 0.333. The third-order valence-electron chi connectivity index (χ3n) is 2.93. The van der Waals surface area contributed by atoms with Gasteiger partial charge in [-0.3, -0.25) is 9.48 Å². The lowest BCUT2D eigenvalue weighted by molar-refractivity contribution is -0.121. The van der Waals surface area contributed by atoms with Crippen LogP contribution in [0.1, 0.15) is 18.4 Å². The molecule has 0 aliphatic carbocycles. The van der Waals surface area contributed by atoms with Gasteiger partial charge in [0.25, 0.3) is 0 Å². The Kier molecular flexibility index (Phi) is 5.17. The highest BCUT2D eigenvalue weighted by molar-refractivity contribution is 5.76. The number of aromatic nitrogens is 2. The van der Waals surface area contributed by atoms with Crippen molar-refractivity contribution in [2.75, 3.05) is 6.54 Å². The van der Waals surface area contributed by atoms with Gasteiger partial charge in [0.2, 0.25) is 5.91 Å². The second-order valence-electron chi connectivity index (χ2n) is 4.46. The summed E-state index contributed by atoms with van der Waals surface area (Å²) in [6, 6.07) is 12.0. The minimum atomic E-state index is 0.115. The van der Waals surface area contributed by atoms with Gasteiger partial charge in [-0.1, -0.05) is 30.3 Å². The van der Waals surface area contributed by atoms with Crippen molar-refractivity contribution in [2.45, 2.75) is 25.8 Å². The summed E-state index contributed by atoms with van der Waals surface area (Å²) in [4.78, 5) is 11.6. The van der Waals surface area contributed by atoms with Crippen molar-refractivity contribution in [3.05, 3.63) is 54.4 Å². The highest BCUT2D eigenvalue weighted by Gasteiger charge is 2.01. The van der Waals surface area contributed by atoms with Crippen LogP contribution in [0.4, 0.5) is 0 Å². The molecule has 0 saturated carbocycles. The van der Waals surface area contributed by atoms with Crippen molar-refractivity contribution in [1.29, 1.82) is 0 Å². The number of benzene rings is 1. The molecular weight excluding hydrogens is 238 g/mol. The Balaban J connectivity index is 1.57. The number of nitrogens with zero attached hydrogens (tertiary/aromatic N) is 2. The fourth-order valence-corrected chi connectivity index (χ4v) is 1.89. The van der Waals surface area contributed by atoms with Crippen LogP contribution in [-0.2, 0) is 17.8 Å². The molecule has 19 heavy (non-hydrogen) atoms. The Morgan fingerprint density at radius 1 is 1.21 bits per heavy atom. The van der Waals surface area contributed by atoms with E-state index < -0.39 is 0 Å². The first-order chi connectivity index (χ1) is 9.34. The summed E-state index contributed by atoms with van der Waals surface area (Å²) in [7, 11) is 0. The van der Waals surface area contributed by atoms with E-state index >= 15 is 0 Å².